The molecule has 2 aromatic carbocycles. The lowest BCUT2D eigenvalue weighted by Gasteiger charge is -2.07. The second kappa shape index (κ2) is 6.91. The van der Waals surface area contributed by atoms with Crippen LogP contribution in [0.2, 0.25) is 0 Å². The number of anilines is 2. The minimum absolute atomic E-state index is 0.122. The van der Waals surface area contributed by atoms with Crippen molar-refractivity contribution < 1.29 is 9.59 Å². The molecular formula is C19H17N3O2. The summed E-state index contributed by atoms with van der Waals surface area (Å²) in [7, 11) is 0. The van der Waals surface area contributed by atoms with Gasteiger partial charge in [0.1, 0.15) is 5.82 Å². The van der Waals surface area contributed by atoms with E-state index in [0.717, 1.165) is 16.5 Å². The first-order valence-electron chi connectivity index (χ1n) is 7.62. The summed E-state index contributed by atoms with van der Waals surface area (Å²) in [5.74, 6) is 0.279. The van der Waals surface area contributed by atoms with Crippen LogP contribution in [0.5, 0.6) is 0 Å². The lowest BCUT2D eigenvalue weighted by Crippen LogP contribution is -2.15. The van der Waals surface area contributed by atoms with E-state index in [1.54, 1.807) is 18.2 Å². The van der Waals surface area contributed by atoms with Gasteiger partial charge in [-0.1, -0.05) is 30.3 Å². The van der Waals surface area contributed by atoms with E-state index in [2.05, 4.69) is 15.6 Å². The fraction of sp³-hybridized carbons (Fsp3) is 0.105. The molecule has 0 unspecified atom stereocenters. The van der Waals surface area contributed by atoms with Crippen LogP contribution in [-0.2, 0) is 16.0 Å². The van der Waals surface area contributed by atoms with Gasteiger partial charge in [0.2, 0.25) is 11.8 Å². The van der Waals surface area contributed by atoms with E-state index in [0.29, 0.717) is 11.5 Å². The Kier molecular flexibility index (Phi) is 4.52. The number of carbonyl (C=O) groups is 2. The number of benzene rings is 2. The number of carbonyl (C=O) groups excluding carboxylic acids is 2. The SMILES string of the molecule is CC(=O)Nc1ccc(CC(=O)Nc2ccc3ccccc3n2)cc1. The molecular weight excluding hydrogens is 302 g/mol. The first-order chi connectivity index (χ1) is 11.6. The molecule has 5 heteroatoms. The lowest BCUT2D eigenvalue weighted by atomic mass is 10.1. The third-order valence-corrected chi connectivity index (χ3v) is 3.50. The van der Waals surface area contributed by atoms with Crippen molar-refractivity contribution in [2.24, 2.45) is 0 Å². The Labute approximate surface area is 139 Å². The largest absolute Gasteiger partial charge is 0.326 e. The maximum atomic E-state index is 12.2. The topological polar surface area (TPSA) is 71.1 Å². The highest BCUT2D eigenvalue weighted by Gasteiger charge is 2.06. The summed E-state index contributed by atoms with van der Waals surface area (Å²) in [6, 6.07) is 18.7. The van der Waals surface area contributed by atoms with Gasteiger partial charge in [-0.05, 0) is 35.9 Å². The smallest absolute Gasteiger partial charge is 0.229 e. The monoisotopic (exact) mass is 319 g/mol. The van der Waals surface area contributed by atoms with Crippen LogP contribution in [0.3, 0.4) is 0 Å². The van der Waals surface area contributed by atoms with Crippen molar-refractivity contribution in [3.8, 4) is 0 Å². The summed E-state index contributed by atoms with van der Waals surface area (Å²) in [6.07, 6.45) is 0.245. The average molecular weight is 319 g/mol. The Bertz CT molecular complexity index is 889. The highest BCUT2D eigenvalue weighted by Crippen LogP contribution is 2.15. The van der Waals surface area contributed by atoms with Crippen molar-refractivity contribution in [3.05, 3.63) is 66.2 Å². The summed E-state index contributed by atoms with van der Waals surface area (Å²) in [4.78, 5) is 27.6. The molecule has 0 aliphatic carbocycles. The molecule has 0 fully saturated rings. The van der Waals surface area contributed by atoms with Gasteiger partial charge in [0.25, 0.3) is 0 Å². The zero-order chi connectivity index (χ0) is 16.9. The number of amides is 2. The van der Waals surface area contributed by atoms with E-state index >= 15 is 0 Å². The van der Waals surface area contributed by atoms with Gasteiger partial charge in [0.05, 0.1) is 11.9 Å². The average Bonchev–Trinajstić information content (AvgIpc) is 2.56. The van der Waals surface area contributed by atoms with E-state index in [1.165, 1.54) is 6.92 Å². The van der Waals surface area contributed by atoms with Crippen LogP contribution >= 0.6 is 0 Å². The number of para-hydroxylation sites is 1. The van der Waals surface area contributed by atoms with Gasteiger partial charge in [-0.3, -0.25) is 9.59 Å². The maximum Gasteiger partial charge on any atom is 0.229 e. The first kappa shape index (κ1) is 15.7. The van der Waals surface area contributed by atoms with Crippen LogP contribution in [0.1, 0.15) is 12.5 Å². The van der Waals surface area contributed by atoms with E-state index in [4.69, 9.17) is 0 Å². The third-order valence-electron chi connectivity index (χ3n) is 3.50. The molecule has 3 rings (SSSR count). The number of pyridine rings is 1. The molecule has 0 aliphatic rings. The summed E-state index contributed by atoms with van der Waals surface area (Å²) < 4.78 is 0. The molecule has 0 saturated heterocycles. The number of fused-ring (bicyclic) bond motifs is 1. The molecule has 2 N–H and O–H groups in total. The molecule has 3 aromatic rings. The minimum Gasteiger partial charge on any atom is -0.326 e. The number of hydrogen-bond donors (Lipinski definition) is 2. The second-order valence-corrected chi connectivity index (χ2v) is 5.49. The normalized spacial score (nSPS) is 10.4. The molecule has 0 spiro atoms. The third kappa shape index (κ3) is 3.95. The van der Waals surface area contributed by atoms with Crippen molar-refractivity contribution >= 4 is 34.2 Å². The molecule has 0 radical (unpaired) electrons. The molecule has 120 valence electrons. The van der Waals surface area contributed by atoms with E-state index in [9.17, 15) is 9.59 Å². The van der Waals surface area contributed by atoms with Crippen LogP contribution < -0.4 is 10.6 Å². The van der Waals surface area contributed by atoms with E-state index in [-0.39, 0.29) is 18.2 Å². The van der Waals surface area contributed by atoms with Crippen molar-refractivity contribution in [2.75, 3.05) is 10.6 Å². The van der Waals surface area contributed by atoms with Crippen molar-refractivity contribution in [3.63, 3.8) is 0 Å². The van der Waals surface area contributed by atoms with Gasteiger partial charge in [0.15, 0.2) is 0 Å². The summed E-state index contributed by atoms with van der Waals surface area (Å²) in [5.41, 5.74) is 2.42. The van der Waals surface area contributed by atoms with Gasteiger partial charge in [-0.25, -0.2) is 4.98 Å². The molecule has 1 aromatic heterocycles. The summed E-state index contributed by atoms with van der Waals surface area (Å²) in [5, 5.41) is 6.53. The summed E-state index contributed by atoms with van der Waals surface area (Å²) >= 11 is 0. The van der Waals surface area contributed by atoms with Gasteiger partial charge >= 0.3 is 0 Å². The predicted octanol–water partition coefficient (Wildman–Crippen LogP) is 3.37. The first-order valence-corrected chi connectivity index (χ1v) is 7.62. The standard InChI is InChI=1S/C19H17N3O2/c1-13(23)20-16-9-6-14(7-10-16)12-19(24)22-18-11-8-15-4-2-3-5-17(15)21-18/h2-11H,12H2,1H3,(H,20,23)(H,21,22,24). The van der Waals surface area contributed by atoms with Crippen molar-refractivity contribution in [2.45, 2.75) is 13.3 Å². The Hall–Kier alpha value is -3.21. The quantitative estimate of drug-likeness (QED) is 0.774. The highest BCUT2D eigenvalue weighted by atomic mass is 16.2. The molecule has 24 heavy (non-hydrogen) atoms. The Balaban J connectivity index is 1.64. The zero-order valence-electron chi connectivity index (χ0n) is 13.2. The highest BCUT2D eigenvalue weighted by molar-refractivity contribution is 5.93. The van der Waals surface area contributed by atoms with Crippen LogP contribution in [0, 0.1) is 0 Å². The van der Waals surface area contributed by atoms with Crippen molar-refractivity contribution in [1.29, 1.82) is 0 Å². The van der Waals surface area contributed by atoms with Crippen molar-refractivity contribution in [1.82, 2.24) is 4.98 Å². The number of nitrogens with zero attached hydrogens (tertiary/aromatic N) is 1. The molecule has 0 aliphatic heterocycles. The van der Waals surface area contributed by atoms with Crippen LogP contribution in [0.25, 0.3) is 10.9 Å². The van der Waals surface area contributed by atoms with Crippen LogP contribution in [0.4, 0.5) is 11.5 Å². The van der Waals surface area contributed by atoms with E-state index in [1.807, 2.05) is 42.5 Å². The number of aromatic nitrogens is 1. The van der Waals surface area contributed by atoms with Gasteiger partial charge in [0, 0.05) is 18.0 Å². The van der Waals surface area contributed by atoms with Gasteiger partial charge in [-0.15, -0.1) is 0 Å². The number of nitrogens with one attached hydrogen (secondary N) is 2. The zero-order valence-corrected chi connectivity index (χ0v) is 13.2. The Morgan fingerprint density at radius 1 is 0.917 bits per heavy atom. The molecule has 0 saturated carbocycles. The van der Waals surface area contributed by atoms with Gasteiger partial charge < -0.3 is 10.6 Å². The fourth-order valence-electron chi connectivity index (χ4n) is 2.42. The molecule has 2 amide bonds. The van der Waals surface area contributed by atoms with Crippen LogP contribution in [0.15, 0.2) is 60.7 Å². The maximum absolute atomic E-state index is 12.2. The minimum atomic E-state index is -0.134. The fourth-order valence-corrected chi connectivity index (χ4v) is 2.42. The summed E-state index contributed by atoms with van der Waals surface area (Å²) in [6.45, 7) is 1.46. The molecule has 5 nitrogen and oxygen atoms in total. The Morgan fingerprint density at radius 3 is 2.42 bits per heavy atom. The second-order valence-electron chi connectivity index (χ2n) is 5.49. The molecule has 0 atom stereocenters. The molecule has 0 bridgehead atoms. The Morgan fingerprint density at radius 2 is 1.67 bits per heavy atom. The van der Waals surface area contributed by atoms with Crippen LogP contribution in [-0.4, -0.2) is 16.8 Å². The van der Waals surface area contributed by atoms with Gasteiger partial charge in [-0.2, -0.15) is 0 Å². The van der Waals surface area contributed by atoms with E-state index < -0.39 is 0 Å². The molecule has 1 heterocycles. The number of rotatable bonds is 4. The lowest BCUT2D eigenvalue weighted by molar-refractivity contribution is -0.116. The predicted molar refractivity (Wildman–Crippen MR) is 94.8 cm³/mol. The number of hydrogen-bond acceptors (Lipinski definition) is 3.